The Bertz CT molecular complexity index is 347. The van der Waals surface area contributed by atoms with Crippen molar-refractivity contribution in [1.82, 2.24) is 9.80 Å². The number of thiocarbonyl (C=S) groups is 1. The van der Waals surface area contributed by atoms with Crippen LogP contribution in [0.25, 0.3) is 0 Å². The second-order valence-corrected chi connectivity index (χ2v) is 7.37. The molecule has 0 saturated heterocycles. The zero-order valence-electron chi connectivity index (χ0n) is 13.3. The summed E-state index contributed by atoms with van der Waals surface area (Å²) in [6.45, 7) is 5.76. The normalized spacial score (nSPS) is 19.1. The monoisotopic (exact) mass is 299 g/mol. The minimum Gasteiger partial charge on any atom is -0.393 e. The van der Waals surface area contributed by atoms with Gasteiger partial charge in [-0.1, -0.05) is 26.1 Å². The number of likely N-dealkylation sites (N-methyl/N-ethyl adjacent to an activating group) is 2. The molecule has 0 heterocycles. The zero-order valence-corrected chi connectivity index (χ0v) is 14.1. The highest BCUT2D eigenvalue weighted by Gasteiger charge is 2.29. The van der Waals surface area contributed by atoms with Crippen molar-refractivity contribution in [3.8, 4) is 0 Å². The summed E-state index contributed by atoms with van der Waals surface area (Å²) in [5.41, 5.74) is 5.93. The van der Waals surface area contributed by atoms with E-state index >= 15 is 0 Å². The molecule has 1 aliphatic rings. The van der Waals surface area contributed by atoms with Gasteiger partial charge in [-0.15, -0.1) is 0 Å². The standard InChI is InChI=1S/C15H29N3OS/c1-15(2)8-5-12(6-9-15)18(4)11-14(19)17(3)10-7-13(16)20/h12H,5-11H2,1-4H3,(H2,16,20). The van der Waals surface area contributed by atoms with Crippen molar-refractivity contribution in [1.29, 1.82) is 0 Å². The van der Waals surface area contributed by atoms with E-state index in [-0.39, 0.29) is 5.91 Å². The molecule has 1 saturated carbocycles. The van der Waals surface area contributed by atoms with Gasteiger partial charge in [0.05, 0.1) is 11.5 Å². The van der Waals surface area contributed by atoms with Crippen LogP contribution in [0.1, 0.15) is 46.0 Å². The van der Waals surface area contributed by atoms with Gasteiger partial charge in [0, 0.05) is 26.1 Å². The highest BCUT2D eigenvalue weighted by Crippen LogP contribution is 2.36. The molecule has 20 heavy (non-hydrogen) atoms. The van der Waals surface area contributed by atoms with Gasteiger partial charge >= 0.3 is 0 Å². The molecule has 0 aromatic heterocycles. The van der Waals surface area contributed by atoms with Gasteiger partial charge in [0.15, 0.2) is 0 Å². The molecular weight excluding hydrogens is 270 g/mol. The Morgan fingerprint density at radius 1 is 1.30 bits per heavy atom. The van der Waals surface area contributed by atoms with Crippen molar-refractivity contribution in [2.45, 2.75) is 52.0 Å². The van der Waals surface area contributed by atoms with Crippen molar-refractivity contribution < 1.29 is 4.79 Å². The molecule has 0 spiro atoms. The number of hydrogen-bond donors (Lipinski definition) is 1. The molecule has 2 N–H and O–H groups in total. The highest BCUT2D eigenvalue weighted by atomic mass is 32.1. The first-order chi connectivity index (χ1) is 9.21. The van der Waals surface area contributed by atoms with Crippen LogP contribution in [0.4, 0.5) is 0 Å². The van der Waals surface area contributed by atoms with Gasteiger partial charge in [-0.3, -0.25) is 9.69 Å². The molecular formula is C15H29N3OS. The van der Waals surface area contributed by atoms with Gasteiger partial charge in [0.1, 0.15) is 0 Å². The van der Waals surface area contributed by atoms with E-state index < -0.39 is 0 Å². The summed E-state index contributed by atoms with van der Waals surface area (Å²) in [6.07, 6.45) is 5.46. The number of nitrogens with two attached hydrogens (primary N) is 1. The van der Waals surface area contributed by atoms with Crippen molar-refractivity contribution in [3.63, 3.8) is 0 Å². The summed E-state index contributed by atoms with van der Waals surface area (Å²) < 4.78 is 0. The minimum atomic E-state index is 0.147. The third kappa shape index (κ3) is 5.75. The fourth-order valence-electron chi connectivity index (χ4n) is 2.69. The number of hydrogen-bond acceptors (Lipinski definition) is 3. The van der Waals surface area contributed by atoms with Crippen LogP contribution in [0.5, 0.6) is 0 Å². The van der Waals surface area contributed by atoms with E-state index in [9.17, 15) is 4.79 Å². The predicted molar refractivity (Wildman–Crippen MR) is 87.7 cm³/mol. The van der Waals surface area contributed by atoms with Crippen LogP contribution < -0.4 is 5.73 Å². The molecule has 0 aliphatic heterocycles. The van der Waals surface area contributed by atoms with Gasteiger partial charge in [-0.25, -0.2) is 0 Å². The zero-order chi connectivity index (χ0) is 15.3. The summed E-state index contributed by atoms with van der Waals surface area (Å²) in [5, 5.41) is 0. The van der Waals surface area contributed by atoms with Gasteiger partial charge in [-0.2, -0.15) is 0 Å². The summed E-state index contributed by atoms with van der Waals surface area (Å²) in [7, 11) is 3.88. The first kappa shape index (κ1) is 17.4. The molecule has 4 nitrogen and oxygen atoms in total. The van der Waals surface area contributed by atoms with Gasteiger partial charge in [-0.05, 0) is 38.1 Å². The fraction of sp³-hybridized carbons (Fsp3) is 0.867. The largest absolute Gasteiger partial charge is 0.393 e. The Morgan fingerprint density at radius 3 is 2.35 bits per heavy atom. The Balaban J connectivity index is 2.36. The number of amides is 1. The predicted octanol–water partition coefficient (Wildman–Crippen LogP) is 2.02. The molecule has 0 unspecified atom stereocenters. The van der Waals surface area contributed by atoms with Crippen LogP contribution in [-0.4, -0.2) is 53.9 Å². The van der Waals surface area contributed by atoms with Crippen LogP contribution in [-0.2, 0) is 4.79 Å². The Morgan fingerprint density at radius 2 is 1.85 bits per heavy atom. The lowest BCUT2D eigenvalue weighted by Crippen LogP contribution is -2.44. The molecule has 0 aromatic carbocycles. The average Bonchev–Trinajstić information content (AvgIpc) is 2.35. The highest BCUT2D eigenvalue weighted by molar-refractivity contribution is 7.80. The van der Waals surface area contributed by atoms with Crippen molar-refractivity contribution in [3.05, 3.63) is 0 Å². The van der Waals surface area contributed by atoms with Crippen LogP contribution in [0.2, 0.25) is 0 Å². The van der Waals surface area contributed by atoms with Crippen molar-refractivity contribution in [2.24, 2.45) is 11.1 Å². The van der Waals surface area contributed by atoms with Crippen LogP contribution in [0.3, 0.4) is 0 Å². The lowest BCUT2D eigenvalue weighted by Gasteiger charge is -2.38. The van der Waals surface area contributed by atoms with Gasteiger partial charge in [0.25, 0.3) is 0 Å². The molecule has 0 atom stereocenters. The molecule has 0 radical (unpaired) electrons. The minimum absolute atomic E-state index is 0.147. The van der Waals surface area contributed by atoms with E-state index in [1.165, 1.54) is 25.7 Å². The molecule has 1 rings (SSSR count). The lowest BCUT2D eigenvalue weighted by atomic mass is 9.75. The second kappa shape index (κ2) is 7.36. The third-order valence-corrected chi connectivity index (χ3v) is 4.64. The van der Waals surface area contributed by atoms with Crippen LogP contribution >= 0.6 is 12.2 Å². The van der Waals surface area contributed by atoms with Crippen molar-refractivity contribution in [2.75, 3.05) is 27.2 Å². The van der Waals surface area contributed by atoms with Crippen molar-refractivity contribution >= 4 is 23.1 Å². The first-order valence-electron chi connectivity index (χ1n) is 7.44. The molecule has 1 fully saturated rings. The first-order valence-corrected chi connectivity index (χ1v) is 7.84. The molecule has 5 heteroatoms. The number of nitrogens with zero attached hydrogens (tertiary/aromatic N) is 2. The van der Waals surface area contributed by atoms with E-state index in [0.717, 1.165) is 0 Å². The molecule has 1 aliphatic carbocycles. The topological polar surface area (TPSA) is 49.6 Å². The summed E-state index contributed by atoms with van der Waals surface area (Å²) >= 11 is 4.84. The molecule has 1 amide bonds. The maximum Gasteiger partial charge on any atom is 0.236 e. The maximum atomic E-state index is 12.1. The van der Waals surface area contributed by atoms with Gasteiger partial charge in [0.2, 0.25) is 5.91 Å². The smallest absolute Gasteiger partial charge is 0.236 e. The number of carbonyl (C=O) groups excluding carboxylic acids is 1. The summed E-state index contributed by atoms with van der Waals surface area (Å²) in [5.74, 6) is 0.147. The number of carbonyl (C=O) groups is 1. The van der Waals surface area contributed by atoms with E-state index in [0.29, 0.717) is 36.0 Å². The van der Waals surface area contributed by atoms with Crippen LogP contribution in [0.15, 0.2) is 0 Å². The Kier molecular flexibility index (Phi) is 6.40. The third-order valence-electron chi connectivity index (χ3n) is 4.44. The maximum absolute atomic E-state index is 12.1. The van der Waals surface area contributed by atoms with Crippen LogP contribution in [0, 0.1) is 5.41 Å². The Labute approximate surface area is 128 Å². The summed E-state index contributed by atoms with van der Waals surface area (Å²) in [4.78, 5) is 16.5. The SMILES string of the molecule is CN(CCC(N)=S)C(=O)CN(C)C1CCC(C)(C)CC1. The quantitative estimate of drug-likeness (QED) is 0.762. The lowest BCUT2D eigenvalue weighted by molar-refractivity contribution is -0.131. The summed E-state index contributed by atoms with van der Waals surface area (Å²) in [6, 6.07) is 0.538. The molecule has 0 aromatic rings. The van der Waals surface area contributed by atoms with E-state index in [1.54, 1.807) is 4.90 Å². The van der Waals surface area contributed by atoms with E-state index in [1.807, 2.05) is 7.05 Å². The van der Waals surface area contributed by atoms with E-state index in [4.69, 9.17) is 18.0 Å². The second-order valence-electron chi connectivity index (χ2n) is 6.84. The Hall–Kier alpha value is -0.680. The number of rotatable bonds is 6. The molecule has 116 valence electrons. The molecule has 0 bridgehead atoms. The fourth-order valence-corrected chi connectivity index (χ4v) is 2.78. The van der Waals surface area contributed by atoms with E-state index in [2.05, 4.69) is 25.8 Å². The van der Waals surface area contributed by atoms with Gasteiger partial charge < -0.3 is 10.6 Å². The average molecular weight is 299 g/mol.